The van der Waals surface area contributed by atoms with Gasteiger partial charge in [0.05, 0.1) is 12.7 Å². The van der Waals surface area contributed by atoms with E-state index in [1.54, 1.807) is 24.3 Å². The minimum absolute atomic E-state index is 0.248. The van der Waals surface area contributed by atoms with E-state index in [0.29, 0.717) is 23.7 Å². The number of nitrogens with one attached hydrogen (secondary N) is 2. The van der Waals surface area contributed by atoms with Crippen LogP contribution in [-0.2, 0) is 9.47 Å². The summed E-state index contributed by atoms with van der Waals surface area (Å²) in [5.41, 5.74) is 1.08. The first kappa shape index (κ1) is 16.3. The summed E-state index contributed by atoms with van der Waals surface area (Å²) in [5.74, 6) is 0.138. The van der Waals surface area contributed by atoms with E-state index in [-0.39, 0.29) is 6.03 Å². The van der Waals surface area contributed by atoms with E-state index < -0.39 is 5.97 Å². The number of rotatable bonds is 5. The number of carbonyl (C=O) groups excluding carboxylic acids is 2. The number of amides is 2. The van der Waals surface area contributed by atoms with Gasteiger partial charge in [-0.25, -0.2) is 9.59 Å². The summed E-state index contributed by atoms with van der Waals surface area (Å²) in [6.07, 6.45) is 3.19. The third-order valence-electron chi connectivity index (χ3n) is 3.66. The quantitative estimate of drug-likeness (QED) is 0.819. The Morgan fingerprint density at radius 1 is 1.32 bits per heavy atom. The van der Waals surface area contributed by atoms with Crippen molar-refractivity contribution in [3.8, 4) is 0 Å². The standard InChI is InChI=1S/C16H22N2O4/c1-21-15(19)13-4-6-14(7-5-13)18-16(20)17-9-8-12-3-2-10-22-11-12/h4-7,12H,2-3,8-11H2,1H3,(H2,17,18,20)/t12-/m0/s1. The Labute approximate surface area is 130 Å². The summed E-state index contributed by atoms with van der Waals surface area (Å²) in [6, 6.07) is 6.31. The number of anilines is 1. The molecule has 0 aromatic heterocycles. The van der Waals surface area contributed by atoms with Gasteiger partial charge in [-0.15, -0.1) is 0 Å². The van der Waals surface area contributed by atoms with Crippen molar-refractivity contribution in [3.63, 3.8) is 0 Å². The highest BCUT2D eigenvalue weighted by molar-refractivity contribution is 5.92. The molecule has 0 aliphatic carbocycles. The fourth-order valence-electron chi connectivity index (χ4n) is 2.41. The van der Waals surface area contributed by atoms with Crippen LogP contribution in [0.1, 0.15) is 29.6 Å². The number of carbonyl (C=O) groups is 2. The molecule has 1 fully saturated rings. The van der Waals surface area contributed by atoms with Gasteiger partial charge in [-0.2, -0.15) is 0 Å². The molecule has 2 N–H and O–H groups in total. The number of hydrogen-bond acceptors (Lipinski definition) is 4. The highest BCUT2D eigenvalue weighted by atomic mass is 16.5. The number of benzene rings is 1. The molecule has 22 heavy (non-hydrogen) atoms. The smallest absolute Gasteiger partial charge is 0.337 e. The summed E-state index contributed by atoms with van der Waals surface area (Å²) in [4.78, 5) is 23.1. The molecule has 2 rings (SSSR count). The molecule has 1 aromatic carbocycles. The average Bonchev–Trinajstić information content (AvgIpc) is 2.56. The number of methoxy groups -OCH3 is 1. The van der Waals surface area contributed by atoms with Crippen LogP contribution in [0.2, 0.25) is 0 Å². The summed E-state index contributed by atoms with van der Waals surface area (Å²) >= 11 is 0. The zero-order chi connectivity index (χ0) is 15.8. The van der Waals surface area contributed by atoms with E-state index in [0.717, 1.165) is 32.5 Å². The molecule has 120 valence electrons. The van der Waals surface area contributed by atoms with Crippen LogP contribution in [0.4, 0.5) is 10.5 Å². The van der Waals surface area contributed by atoms with Gasteiger partial charge in [0.15, 0.2) is 0 Å². The van der Waals surface area contributed by atoms with Crippen LogP contribution in [0, 0.1) is 5.92 Å². The largest absolute Gasteiger partial charge is 0.465 e. The Balaban J connectivity index is 1.71. The molecular formula is C16H22N2O4. The number of ether oxygens (including phenoxy) is 2. The zero-order valence-corrected chi connectivity index (χ0v) is 12.8. The lowest BCUT2D eigenvalue weighted by molar-refractivity contribution is 0.0520. The van der Waals surface area contributed by atoms with Crippen molar-refractivity contribution in [2.45, 2.75) is 19.3 Å². The van der Waals surface area contributed by atoms with E-state index in [9.17, 15) is 9.59 Å². The van der Waals surface area contributed by atoms with Gasteiger partial charge in [0.25, 0.3) is 0 Å². The summed E-state index contributed by atoms with van der Waals surface area (Å²) in [5, 5.41) is 5.56. The molecule has 0 saturated carbocycles. The Bertz CT molecular complexity index is 495. The monoisotopic (exact) mass is 306 g/mol. The lowest BCUT2D eigenvalue weighted by Gasteiger charge is -2.21. The highest BCUT2D eigenvalue weighted by Gasteiger charge is 2.13. The molecule has 1 heterocycles. The molecule has 0 spiro atoms. The Morgan fingerprint density at radius 2 is 2.09 bits per heavy atom. The maximum atomic E-state index is 11.8. The van der Waals surface area contributed by atoms with Gasteiger partial charge < -0.3 is 20.1 Å². The number of urea groups is 1. The second-order valence-corrected chi connectivity index (χ2v) is 5.32. The normalized spacial score (nSPS) is 17.6. The van der Waals surface area contributed by atoms with E-state index in [4.69, 9.17) is 4.74 Å². The fraction of sp³-hybridized carbons (Fsp3) is 0.500. The Kier molecular flexibility index (Phi) is 6.21. The van der Waals surface area contributed by atoms with E-state index in [1.807, 2.05) is 0 Å². The van der Waals surface area contributed by atoms with E-state index >= 15 is 0 Å². The minimum Gasteiger partial charge on any atom is -0.465 e. The topological polar surface area (TPSA) is 76.7 Å². The Hall–Kier alpha value is -2.08. The number of esters is 1. The summed E-state index contributed by atoms with van der Waals surface area (Å²) in [6.45, 7) is 2.27. The highest BCUT2D eigenvalue weighted by Crippen LogP contribution is 2.16. The van der Waals surface area contributed by atoms with Crippen molar-refractivity contribution < 1.29 is 19.1 Å². The third-order valence-corrected chi connectivity index (χ3v) is 3.66. The molecule has 1 aromatic rings. The Morgan fingerprint density at radius 3 is 2.73 bits per heavy atom. The summed E-state index contributed by atoms with van der Waals surface area (Å²) < 4.78 is 10.0. The molecule has 0 bridgehead atoms. The molecular weight excluding hydrogens is 284 g/mol. The SMILES string of the molecule is COC(=O)c1ccc(NC(=O)NCC[C@@H]2CCCOC2)cc1. The molecule has 1 aliphatic heterocycles. The van der Waals surface area contributed by atoms with Crippen molar-refractivity contribution in [3.05, 3.63) is 29.8 Å². The van der Waals surface area contributed by atoms with Crippen LogP contribution in [0.5, 0.6) is 0 Å². The molecule has 6 heteroatoms. The molecule has 0 unspecified atom stereocenters. The molecule has 0 radical (unpaired) electrons. The van der Waals surface area contributed by atoms with Crippen molar-refractivity contribution in [1.29, 1.82) is 0 Å². The zero-order valence-electron chi connectivity index (χ0n) is 12.8. The third kappa shape index (κ3) is 5.04. The average molecular weight is 306 g/mol. The van der Waals surface area contributed by atoms with Crippen molar-refractivity contribution in [2.24, 2.45) is 5.92 Å². The van der Waals surface area contributed by atoms with Crippen LogP contribution in [0.3, 0.4) is 0 Å². The van der Waals surface area contributed by atoms with Crippen LogP contribution >= 0.6 is 0 Å². The van der Waals surface area contributed by atoms with Gasteiger partial charge in [0.1, 0.15) is 0 Å². The fourth-order valence-corrected chi connectivity index (χ4v) is 2.41. The van der Waals surface area contributed by atoms with Gasteiger partial charge in [0.2, 0.25) is 0 Å². The first-order chi connectivity index (χ1) is 10.7. The summed E-state index contributed by atoms with van der Waals surface area (Å²) in [7, 11) is 1.33. The van der Waals surface area contributed by atoms with Crippen molar-refractivity contribution in [2.75, 3.05) is 32.2 Å². The second-order valence-electron chi connectivity index (χ2n) is 5.32. The predicted molar refractivity (Wildman–Crippen MR) is 83.0 cm³/mol. The van der Waals surface area contributed by atoms with E-state index in [1.165, 1.54) is 7.11 Å². The predicted octanol–water partition coefficient (Wildman–Crippen LogP) is 2.41. The van der Waals surface area contributed by atoms with Crippen LogP contribution < -0.4 is 10.6 Å². The molecule has 1 aliphatic rings. The van der Waals surface area contributed by atoms with Gasteiger partial charge in [-0.3, -0.25) is 0 Å². The van der Waals surface area contributed by atoms with Crippen LogP contribution in [0.25, 0.3) is 0 Å². The minimum atomic E-state index is -0.397. The van der Waals surface area contributed by atoms with Gasteiger partial charge >= 0.3 is 12.0 Å². The lowest BCUT2D eigenvalue weighted by Crippen LogP contribution is -2.31. The molecule has 1 atom stereocenters. The molecule has 1 saturated heterocycles. The maximum absolute atomic E-state index is 11.8. The van der Waals surface area contributed by atoms with Crippen LogP contribution in [-0.4, -0.2) is 38.9 Å². The van der Waals surface area contributed by atoms with Crippen molar-refractivity contribution >= 4 is 17.7 Å². The van der Waals surface area contributed by atoms with Crippen molar-refractivity contribution in [1.82, 2.24) is 5.32 Å². The first-order valence-corrected chi connectivity index (χ1v) is 7.50. The first-order valence-electron chi connectivity index (χ1n) is 7.50. The van der Waals surface area contributed by atoms with Crippen LogP contribution in [0.15, 0.2) is 24.3 Å². The van der Waals surface area contributed by atoms with E-state index in [2.05, 4.69) is 15.4 Å². The van der Waals surface area contributed by atoms with Gasteiger partial charge in [-0.05, 0) is 49.4 Å². The maximum Gasteiger partial charge on any atom is 0.337 e. The molecule has 2 amide bonds. The molecule has 6 nitrogen and oxygen atoms in total. The second kappa shape index (κ2) is 8.38. The lowest BCUT2D eigenvalue weighted by atomic mass is 9.99. The van der Waals surface area contributed by atoms with Gasteiger partial charge in [0, 0.05) is 25.4 Å². The number of hydrogen-bond donors (Lipinski definition) is 2. The van der Waals surface area contributed by atoms with Gasteiger partial charge in [-0.1, -0.05) is 0 Å².